The Morgan fingerprint density at radius 3 is 2.26 bits per heavy atom. The van der Waals surface area contributed by atoms with Crippen LogP contribution in [0.3, 0.4) is 0 Å². The maximum absolute atomic E-state index is 16.1. The Labute approximate surface area is 359 Å². The lowest BCUT2D eigenvalue weighted by Crippen LogP contribution is -2.57. The summed E-state index contributed by atoms with van der Waals surface area (Å²) in [4.78, 5) is 60.9. The number of rotatable bonds is 17. The smallest absolute Gasteiger partial charge is 0.405 e. The van der Waals surface area contributed by atoms with Gasteiger partial charge in [0.05, 0.1) is 35.9 Å². The van der Waals surface area contributed by atoms with Gasteiger partial charge in [0, 0.05) is 23.2 Å². The van der Waals surface area contributed by atoms with Gasteiger partial charge in [-0.1, -0.05) is 73.1 Å². The van der Waals surface area contributed by atoms with Gasteiger partial charge in [-0.3, -0.25) is 19.1 Å². The molecule has 0 radical (unpaired) electrons. The first-order valence-electron chi connectivity index (χ1n) is 21.1. The third kappa shape index (κ3) is 13.0. The summed E-state index contributed by atoms with van der Waals surface area (Å²) in [6.45, 7) is 9.21. The van der Waals surface area contributed by atoms with Crippen molar-refractivity contribution in [2.45, 2.75) is 147 Å². The van der Waals surface area contributed by atoms with E-state index in [1.54, 1.807) is 4.72 Å². The van der Waals surface area contributed by atoms with E-state index in [-0.39, 0.29) is 34.6 Å². The van der Waals surface area contributed by atoms with Gasteiger partial charge in [0.1, 0.15) is 30.0 Å². The van der Waals surface area contributed by atoms with Gasteiger partial charge in [-0.25, -0.2) is 32.0 Å². The molecule has 1 saturated heterocycles. The normalized spacial score (nSPS) is 22.5. The van der Waals surface area contributed by atoms with E-state index in [2.05, 4.69) is 36.1 Å². The van der Waals surface area contributed by atoms with Crippen molar-refractivity contribution in [2.75, 3.05) is 20.2 Å². The summed E-state index contributed by atoms with van der Waals surface area (Å²) in [5.41, 5.74) is -2.83. The number of likely N-dealkylation sites (tertiary alicyclic amines) is 1. The van der Waals surface area contributed by atoms with Crippen LogP contribution in [0.15, 0.2) is 18.2 Å². The molecule has 6 rings (SSSR count). The van der Waals surface area contributed by atoms with Crippen molar-refractivity contribution < 1.29 is 64.0 Å². The standard InChI is InChI=1S/C35H44F4N6O9S.C4H10.C2H6.3H2/c1-53-20-9-12-24-25(14-20)42-31(28(41-24)35(38,39)13-5-4-8-19-6-2-3-7-19)54-21-15-26(45(18-21)27(46)17-40-33(49)50)30(47)43-34(16-23(34)29(36)37)32(48)44-55(51,52)22-10-11-22;1-4(2)3;1-2;;;/h9,12,14,19,21-23,26,29,40H,2-8,10-11,13,15-18H2,1H3,(H,43,47)(H,44,48)(H,49,50);4H,1-3H3;1-2H3;3*1H/t21-,23+,26+,34-;;;;;/m1...../s1. The molecule has 1 aromatic heterocycles. The van der Waals surface area contributed by atoms with Gasteiger partial charge in [-0.15, -0.1) is 0 Å². The van der Waals surface area contributed by atoms with Gasteiger partial charge in [0.15, 0.2) is 5.69 Å². The molecule has 15 nitrogen and oxygen atoms in total. The molecule has 4 aliphatic rings. The molecule has 61 heavy (non-hydrogen) atoms. The van der Waals surface area contributed by atoms with E-state index in [0.717, 1.165) is 42.9 Å². The lowest BCUT2D eigenvalue weighted by atomic mass is 9.98. The number of ether oxygens (including phenoxy) is 2. The fourth-order valence-corrected chi connectivity index (χ4v) is 8.88. The predicted octanol–water partition coefficient (Wildman–Crippen LogP) is 7.27. The summed E-state index contributed by atoms with van der Waals surface area (Å²) in [6, 6.07) is 2.87. The molecule has 20 heteroatoms. The molecule has 4 atom stereocenters. The van der Waals surface area contributed by atoms with Crippen molar-refractivity contribution >= 4 is 44.9 Å². The van der Waals surface area contributed by atoms with E-state index >= 15 is 8.78 Å². The number of aromatic nitrogens is 2. The van der Waals surface area contributed by atoms with Crippen LogP contribution in [0.25, 0.3) is 11.0 Å². The number of fused-ring (bicyclic) bond motifs is 1. The van der Waals surface area contributed by atoms with E-state index in [4.69, 9.17) is 14.6 Å². The van der Waals surface area contributed by atoms with E-state index in [1.807, 2.05) is 19.2 Å². The first-order chi connectivity index (χ1) is 28.8. The first kappa shape index (κ1) is 49.2. The van der Waals surface area contributed by atoms with Crippen LogP contribution in [-0.2, 0) is 30.3 Å². The number of alkyl halides is 4. The highest BCUT2D eigenvalue weighted by Gasteiger charge is 2.66. The molecule has 4 fully saturated rings. The Bertz CT molecular complexity index is 1980. The topological polar surface area (TPSA) is 206 Å². The number of carbonyl (C=O) groups is 4. The summed E-state index contributed by atoms with van der Waals surface area (Å²) in [6.07, 6.45) is -0.877. The number of amides is 4. The van der Waals surface area contributed by atoms with Crippen LogP contribution in [0.5, 0.6) is 11.6 Å². The average Bonchev–Trinajstić information content (AvgIpc) is 4.09. The van der Waals surface area contributed by atoms with E-state index < -0.39 is 119 Å². The molecule has 1 aliphatic heterocycles. The number of unbranched alkanes of at least 4 members (excludes halogenated alkanes) is 1. The Balaban J connectivity index is 0.00000215. The van der Waals surface area contributed by atoms with Gasteiger partial charge in [0.25, 0.3) is 11.8 Å². The fourth-order valence-electron chi connectivity index (χ4n) is 7.52. The second-order valence-corrected chi connectivity index (χ2v) is 18.5. The molecule has 1 aromatic carbocycles. The minimum atomic E-state index is -4.19. The number of nitrogens with zero attached hydrogens (tertiary/aromatic N) is 3. The van der Waals surface area contributed by atoms with E-state index in [0.29, 0.717) is 18.1 Å². The molecule has 2 aromatic rings. The second kappa shape index (κ2) is 21.1. The number of benzene rings is 1. The number of hydrogen-bond acceptors (Lipinski definition) is 10. The van der Waals surface area contributed by atoms with Crippen LogP contribution in [0, 0.1) is 17.8 Å². The highest BCUT2D eigenvalue weighted by atomic mass is 32.2. The molecule has 348 valence electrons. The van der Waals surface area contributed by atoms with Crippen LogP contribution in [-0.4, -0.2) is 102 Å². The minimum absolute atomic E-state index is 0. The van der Waals surface area contributed by atoms with Crippen molar-refractivity contribution in [3.05, 3.63) is 23.9 Å². The largest absolute Gasteiger partial charge is 0.497 e. The van der Waals surface area contributed by atoms with Crippen molar-refractivity contribution in [1.29, 1.82) is 0 Å². The average molecular weight is 895 g/mol. The maximum atomic E-state index is 16.1. The lowest BCUT2D eigenvalue weighted by Gasteiger charge is -2.26. The van der Waals surface area contributed by atoms with Crippen LogP contribution in [0.2, 0.25) is 0 Å². The summed E-state index contributed by atoms with van der Waals surface area (Å²) < 4.78 is 98.0. The van der Waals surface area contributed by atoms with Crippen LogP contribution < -0.4 is 24.8 Å². The van der Waals surface area contributed by atoms with Gasteiger partial charge < -0.3 is 30.1 Å². The van der Waals surface area contributed by atoms with Gasteiger partial charge in [-0.05, 0) is 49.7 Å². The van der Waals surface area contributed by atoms with E-state index in [1.165, 1.54) is 25.3 Å². The number of carboxylic acid groups (broad SMARTS) is 1. The molecular weight excluding hydrogens is 829 g/mol. The molecule has 4 N–H and O–H groups in total. The Kier molecular flexibility index (Phi) is 17.0. The Morgan fingerprint density at radius 2 is 1.69 bits per heavy atom. The zero-order valence-corrected chi connectivity index (χ0v) is 36.5. The van der Waals surface area contributed by atoms with E-state index in [9.17, 15) is 36.4 Å². The third-order valence-corrected chi connectivity index (χ3v) is 12.7. The summed E-state index contributed by atoms with van der Waals surface area (Å²) in [7, 11) is -2.79. The number of halogens is 4. The monoisotopic (exact) mass is 894 g/mol. The van der Waals surface area contributed by atoms with Gasteiger partial charge in [-0.2, -0.15) is 8.78 Å². The second-order valence-electron chi connectivity index (χ2n) is 16.5. The number of sulfonamides is 1. The molecular formula is C41H66F4N6O9S. The van der Waals surface area contributed by atoms with Crippen molar-refractivity contribution in [3.63, 3.8) is 0 Å². The number of hydrogen-bond donors (Lipinski definition) is 4. The van der Waals surface area contributed by atoms with Crippen molar-refractivity contribution in [3.8, 4) is 11.6 Å². The molecule has 0 bridgehead atoms. The first-order valence-corrected chi connectivity index (χ1v) is 22.6. The summed E-state index contributed by atoms with van der Waals surface area (Å²) in [5.74, 6) is -7.58. The molecule has 3 aliphatic carbocycles. The SMILES string of the molecule is CC.CC(C)C.COc1ccc2nc(C(F)(F)CCCCC3CCCC3)c(O[C@@H]3C[C@@H](C(=O)N[C@]4(C(=O)NS(=O)(=O)C5CC5)C[C@H]4C(F)F)N(C(=O)CNC(=O)O)C3)nc2c1.[HH].[HH].[HH]. The predicted molar refractivity (Wildman–Crippen MR) is 224 cm³/mol. The van der Waals surface area contributed by atoms with Crippen LogP contribution in [0.4, 0.5) is 22.4 Å². The third-order valence-electron chi connectivity index (χ3n) is 10.8. The van der Waals surface area contributed by atoms with Crippen molar-refractivity contribution in [2.24, 2.45) is 17.8 Å². The van der Waals surface area contributed by atoms with Crippen LogP contribution in [0.1, 0.15) is 122 Å². The minimum Gasteiger partial charge on any atom is -0.497 e. The zero-order chi connectivity index (χ0) is 45.3. The molecule has 4 amide bonds. The highest BCUT2D eigenvalue weighted by molar-refractivity contribution is 7.91. The van der Waals surface area contributed by atoms with Gasteiger partial charge >= 0.3 is 6.09 Å². The maximum Gasteiger partial charge on any atom is 0.405 e. The van der Waals surface area contributed by atoms with Crippen LogP contribution >= 0.6 is 0 Å². The lowest BCUT2D eigenvalue weighted by molar-refractivity contribution is -0.139. The highest BCUT2D eigenvalue weighted by Crippen LogP contribution is 2.48. The number of methoxy groups -OCH3 is 1. The molecule has 0 unspecified atom stereocenters. The number of carbonyl (C=O) groups excluding carboxylic acids is 3. The summed E-state index contributed by atoms with van der Waals surface area (Å²) >= 11 is 0. The molecule has 2 heterocycles. The fraction of sp³-hybridized carbons (Fsp3) is 0.707. The van der Waals surface area contributed by atoms with Crippen molar-refractivity contribution in [1.82, 2.24) is 30.2 Å². The Hall–Kier alpha value is -4.49. The quantitative estimate of drug-likeness (QED) is 0.0918. The number of nitrogens with one attached hydrogen (secondary N) is 3. The Morgan fingerprint density at radius 1 is 1.03 bits per heavy atom. The molecule has 3 saturated carbocycles. The summed E-state index contributed by atoms with van der Waals surface area (Å²) in [5, 5.41) is 12.3. The van der Waals surface area contributed by atoms with Gasteiger partial charge in [0.2, 0.25) is 34.1 Å². The zero-order valence-electron chi connectivity index (χ0n) is 35.6. The molecule has 0 spiro atoms.